The molecule has 5 heteroatoms. The van der Waals surface area contributed by atoms with Crippen LogP contribution >= 0.6 is 0 Å². The van der Waals surface area contributed by atoms with Crippen LogP contribution in [0, 0.1) is 12.9 Å². The van der Waals surface area contributed by atoms with Gasteiger partial charge in [0, 0.05) is 41.1 Å². The largest absolute Gasteiger partial charge is 0.507 e. The maximum atomic E-state index is 12.4. The smallest absolute Gasteiger partial charge is 0.148 e. The predicted molar refractivity (Wildman–Crippen MR) is 277 cm³/mol. The molecule has 0 atom stereocenters. The summed E-state index contributed by atoms with van der Waals surface area (Å²) < 4.78 is 18.1. The first kappa shape index (κ1) is 44.5. The van der Waals surface area contributed by atoms with Crippen LogP contribution in [0.1, 0.15) is 110 Å². The van der Waals surface area contributed by atoms with E-state index in [-0.39, 0.29) is 44.1 Å². The summed E-state index contributed by atoms with van der Waals surface area (Å²) in [5.74, 6) is 1.23. The van der Waals surface area contributed by atoms with Crippen LogP contribution in [0.15, 0.2) is 164 Å². The van der Waals surface area contributed by atoms with E-state index in [4.69, 9.17) is 12.7 Å². The number of aryl methyl sites for hydroxylation is 1. The third kappa shape index (κ3) is 9.09. The summed E-state index contributed by atoms with van der Waals surface area (Å²) in [5.41, 5.74) is 16.8. The minimum Gasteiger partial charge on any atom is -0.507 e. The number of aromatic hydroxyl groups is 1. The molecule has 7 aromatic carbocycles. The maximum Gasteiger partial charge on any atom is 0.148 e. The van der Waals surface area contributed by atoms with Crippen molar-refractivity contribution in [2.75, 3.05) is 0 Å². The summed E-state index contributed by atoms with van der Waals surface area (Å²) >= 11 is 0. The third-order valence-electron chi connectivity index (χ3n) is 13.2. The van der Waals surface area contributed by atoms with Crippen LogP contribution in [0.4, 0.5) is 0 Å². The van der Waals surface area contributed by atoms with Crippen LogP contribution in [0.2, 0.25) is 0 Å². The van der Waals surface area contributed by atoms with E-state index >= 15 is 0 Å². The first-order valence-electron chi connectivity index (χ1n) is 24.3. The first-order chi connectivity index (χ1) is 32.5. The van der Waals surface area contributed by atoms with Gasteiger partial charge in [-0.25, -0.2) is 4.98 Å². The number of fused-ring (bicyclic) bond motifs is 1. The molecule has 2 heterocycles. The second kappa shape index (κ2) is 18.7. The first-order valence-corrected chi connectivity index (χ1v) is 23.1. The Morgan fingerprint density at radius 1 is 0.597 bits per heavy atom. The molecule has 0 saturated carbocycles. The van der Waals surface area contributed by atoms with Gasteiger partial charge in [0.1, 0.15) is 11.6 Å². The molecule has 4 nitrogen and oxygen atoms in total. The van der Waals surface area contributed by atoms with Gasteiger partial charge in [0.25, 0.3) is 0 Å². The number of para-hydroxylation sites is 2. The molecule has 0 unspecified atom stereocenters. The van der Waals surface area contributed by atoms with Crippen LogP contribution in [0.3, 0.4) is 0 Å². The van der Waals surface area contributed by atoms with Gasteiger partial charge in [0.05, 0.1) is 22.3 Å². The fraction of sp³-hybridized carbons (Fsp3) is 0.226. The molecule has 340 valence electrons. The van der Waals surface area contributed by atoms with Crippen LogP contribution in [-0.2, 0) is 31.9 Å². The van der Waals surface area contributed by atoms with Crippen molar-refractivity contribution in [2.24, 2.45) is 0 Å². The van der Waals surface area contributed by atoms with Gasteiger partial charge in [0.2, 0.25) is 0 Å². The van der Waals surface area contributed by atoms with Crippen molar-refractivity contribution in [2.45, 2.75) is 91.9 Å². The molecule has 0 saturated heterocycles. The molecule has 9 rings (SSSR count). The average Bonchev–Trinajstić information content (AvgIpc) is 3.73. The normalized spacial score (nSPS) is 12.4. The fourth-order valence-corrected chi connectivity index (χ4v) is 9.34. The molecule has 9 aromatic rings. The van der Waals surface area contributed by atoms with E-state index in [1.807, 2.05) is 54.7 Å². The van der Waals surface area contributed by atoms with E-state index in [2.05, 4.69) is 182 Å². The summed E-state index contributed by atoms with van der Waals surface area (Å²) in [5, 5.41) is 12.4. The summed E-state index contributed by atoms with van der Waals surface area (Å²) in [6.07, 6.45) is 1.84. The number of pyridine rings is 1. The molecular formula is C62H60N3OPt-. The monoisotopic (exact) mass is 1060 g/mol. The van der Waals surface area contributed by atoms with Crippen molar-refractivity contribution >= 4 is 11.0 Å². The Balaban J connectivity index is 0.00000642. The molecule has 0 aliphatic rings. The predicted octanol–water partition coefficient (Wildman–Crippen LogP) is 16.4. The SMILES string of the molecule is [2H]C([2H])c1ccc(-c2ccnc(-c3[c-]c(-c4cccc5c4nc(-c4cccc(C(C)(C)C)c4O)n5-c4c(C(C)C)cc(-c5ccccc5)cc4C(C)C)cc(C(C)(C)c4ccccc4)c3)c2)cc1.[Pt]. The molecule has 0 bridgehead atoms. The standard InChI is InChI=1S/C62H60N3O.Pt/c1-39(2)52-36-45(42-19-13-11-14-20-42)37-53(40(3)4)58(52)65-56-26-18-23-50(57(56)64-60(65)51-24-17-25-54(59(51)66)61(6,7)8)46-33-47(35-49(34-46)62(9,10)48-21-15-12-16-22-48)55-38-44(31-32-63-55)43-29-27-41(5)28-30-43;/h11-32,34-40,66H,1-10H3;/q-1;/i5D2;. The number of rotatable bonds is 10. The second-order valence-electron chi connectivity index (χ2n) is 19.8. The van der Waals surface area contributed by atoms with Crippen molar-refractivity contribution in [3.8, 4) is 67.5 Å². The summed E-state index contributed by atoms with van der Waals surface area (Å²) in [4.78, 5) is 10.6. The van der Waals surface area contributed by atoms with Gasteiger partial charge in [-0.2, -0.15) is 0 Å². The van der Waals surface area contributed by atoms with Gasteiger partial charge in [-0.15, -0.1) is 29.3 Å². The second-order valence-corrected chi connectivity index (χ2v) is 19.8. The van der Waals surface area contributed by atoms with Crippen LogP contribution in [0.5, 0.6) is 5.75 Å². The van der Waals surface area contributed by atoms with E-state index in [1.165, 1.54) is 27.8 Å². The Morgan fingerprint density at radius 3 is 1.85 bits per heavy atom. The Morgan fingerprint density at radius 2 is 1.21 bits per heavy atom. The van der Waals surface area contributed by atoms with Crippen molar-refractivity contribution in [1.82, 2.24) is 14.5 Å². The molecule has 1 N–H and O–H groups in total. The Hall–Kier alpha value is -6.35. The topological polar surface area (TPSA) is 50.9 Å². The van der Waals surface area contributed by atoms with E-state index < -0.39 is 12.3 Å². The zero-order valence-corrected chi connectivity index (χ0v) is 42.2. The van der Waals surface area contributed by atoms with Gasteiger partial charge in [-0.3, -0.25) is 9.55 Å². The van der Waals surface area contributed by atoms with Gasteiger partial charge in [-0.1, -0.05) is 194 Å². The fourth-order valence-electron chi connectivity index (χ4n) is 9.34. The Bertz CT molecular complexity index is 3250. The van der Waals surface area contributed by atoms with Crippen LogP contribution < -0.4 is 0 Å². The van der Waals surface area contributed by atoms with Crippen molar-refractivity contribution in [3.63, 3.8) is 0 Å². The molecule has 2 aromatic heterocycles. The zero-order chi connectivity index (χ0) is 48.1. The van der Waals surface area contributed by atoms with Crippen LogP contribution in [-0.4, -0.2) is 19.6 Å². The molecule has 0 fully saturated rings. The van der Waals surface area contributed by atoms with Gasteiger partial charge >= 0.3 is 0 Å². The molecule has 0 aliphatic heterocycles. The number of aromatic nitrogens is 3. The van der Waals surface area contributed by atoms with E-state index in [0.717, 1.165) is 61.4 Å². The number of nitrogens with zero attached hydrogens (tertiary/aromatic N) is 3. The molecule has 0 amide bonds. The van der Waals surface area contributed by atoms with Gasteiger partial charge < -0.3 is 5.11 Å². The van der Waals surface area contributed by atoms with E-state index in [0.29, 0.717) is 17.0 Å². The minimum atomic E-state index is -1.04. The number of benzene rings is 7. The minimum absolute atomic E-state index is 0. The van der Waals surface area contributed by atoms with Crippen molar-refractivity contribution in [3.05, 3.63) is 203 Å². The number of phenols is 1. The van der Waals surface area contributed by atoms with Gasteiger partial charge in [0.15, 0.2) is 0 Å². The molecular weight excluding hydrogens is 998 g/mol. The summed E-state index contributed by atoms with van der Waals surface area (Å²) in [6.45, 7) is 18.9. The van der Waals surface area contributed by atoms with Crippen molar-refractivity contribution < 1.29 is 28.9 Å². The van der Waals surface area contributed by atoms with Crippen molar-refractivity contribution in [1.29, 1.82) is 0 Å². The van der Waals surface area contributed by atoms with Gasteiger partial charge in [-0.05, 0) is 99.0 Å². The maximum absolute atomic E-state index is 12.4. The Kier molecular flexibility index (Phi) is 12.4. The Labute approximate surface area is 414 Å². The summed E-state index contributed by atoms with van der Waals surface area (Å²) in [7, 11) is 0. The quantitative estimate of drug-likeness (QED) is 0.139. The van der Waals surface area contributed by atoms with E-state index in [9.17, 15) is 5.11 Å². The summed E-state index contributed by atoms with van der Waals surface area (Å²) in [6, 6.07) is 58.5. The molecule has 67 heavy (non-hydrogen) atoms. The number of hydrogen-bond donors (Lipinski definition) is 1. The van der Waals surface area contributed by atoms with Crippen LogP contribution in [0.25, 0.3) is 72.7 Å². The molecule has 0 radical (unpaired) electrons. The molecule has 0 aliphatic carbocycles. The molecule has 0 spiro atoms. The zero-order valence-electron chi connectivity index (χ0n) is 41.9. The average molecular weight is 1060 g/mol. The number of hydrogen-bond acceptors (Lipinski definition) is 3. The van der Waals surface area contributed by atoms with E-state index in [1.54, 1.807) is 0 Å². The third-order valence-corrected chi connectivity index (χ3v) is 13.2. The number of phenolic OH excluding ortho intramolecular Hbond substituents is 1. The number of imidazole rings is 1.